The molecule has 0 aromatic heterocycles. The van der Waals surface area contributed by atoms with Gasteiger partial charge in [-0.3, -0.25) is 4.79 Å². The van der Waals surface area contributed by atoms with Crippen LogP contribution in [-0.2, 0) is 11.3 Å². The zero-order chi connectivity index (χ0) is 16.3. The summed E-state index contributed by atoms with van der Waals surface area (Å²) in [6, 6.07) is 6.10. The fourth-order valence-electron chi connectivity index (χ4n) is 1.73. The van der Waals surface area contributed by atoms with Crippen LogP contribution in [0.4, 0.5) is 27.6 Å². The predicted molar refractivity (Wildman–Crippen MR) is 67.6 cm³/mol. The number of nitrogen functional groups attached to an aromatic ring is 1. The van der Waals surface area contributed by atoms with Gasteiger partial charge >= 0.3 is 18.0 Å². The number of carbonyl (C=O) groups excluding carboxylic acids is 1. The third-order valence-electron chi connectivity index (χ3n) is 2.82. The number of anilines is 1. The number of hydrogen-bond acceptors (Lipinski definition) is 2. The minimum Gasteiger partial charge on any atom is -0.398 e. The summed E-state index contributed by atoms with van der Waals surface area (Å²) in [5, 5.41) is 0. The van der Waals surface area contributed by atoms with Gasteiger partial charge in [0.2, 0.25) is 0 Å². The molecular formula is C13H15F5N2O. The summed E-state index contributed by atoms with van der Waals surface area (Å²) in [4.78, 5) is 12.0. The molecule has 0 unspecified atom stereocenters. The highest BCUT2D eigenvalue weighted by Crippen LogP contribution is 2.37. The molecule has 0 fully saturated rings. The molecule has 0 atom stereocenters. The highest BCUT2D eigenvalue weighted by Gasteiger charge is 2.64. The smallest absolute Gasteiger partial charge is 0.398 e. The number of hydrogen-bond donors (Lipinski definition) is 1. The van der Waals surface area contributed by atoms with Crippen molar-refractivity contribution in [1.82, 2.24) is 4.90 Å². The highest BCUT2D eigenvalue weighted by atomic mass is 19.4. The highest BCUT2D eigenvalue weighted by molar-refractivity contribution is 5.84. The molecule has 118 valence electrons. The van der Waals surface area contributed by atoms with E-state index in [0.29, 0.717) is 10.5 Å². The van der Waals surface area contributed by atoms with E-state index in [0.717, 1.165) is 0 Å². The molecule has 0 bridgehead atoms. The number of nitrogens with two attached hydrogens (primary N) is 1. The van der Waals surface area contributed by atoms with E-state index in [1.54, 1.807) is 19.1 Å². The van der Waals surface area contributed by atoms with Gasteiger partial charge in [-0.2, -0.15) is 22.0 Å². The lowest BCUT2D eigenvalue weighted by atomic mass is 10.1. The molecular weight excluding hydrogens is 295 g/mol. The van der Waals surface area contributed by atoms with E-state index in [9.17, 15) is 26.7 Å². The molecule has 0 saturated heterocycles. The van der Waals surface area contributed by atoms with Crippen LogP contribution in [0.15, 0.2) is 24.3 Å². The first kappa shape index (κ1) is 17.2. The van der Waals surface area contributed by atoms with Crippen LogP contribution in [0.5, 0.6) is 0 Å². The van der Waals surface area contributed by atoms with Gasteiger partial charge in [-0.15, -0.1) is 0 Å². The van der Waals surface area contributed by atoms with Crippen LogP contribution in [0.2, 0.25) is 0 Å². The van der Waals surface area contributed by atoms with Gasteiger partial charge < -0.3 is 10.6 Å². The molecule has 21 heavy (non-hydrogen) atoms. The monoisotopic (exact) mass is 310 g/mol. The third kappa shape index (κ3) is 3.83. The van der Waals surface area contributed by atoms with E-state index in [1.165, 1.54) is 12.1 Å². The summed E-state index contributed by atoms with van der Waals surface area (Å²) < 4.78 is 63.1. The molecule has 0 saturated carbocycles. The van der Waals surface area contributed by atoms with Gasteiger partial charge in [0, 0.05) is 18.8 Å². The van der Waals surface area contributed by atoms with Crippen molar-refractivity contribution in [1.29, 1.82) is 0 Å². The molecule has 1 aromatic carbocycles. The zero-order valence-electron chi connectivity index (χ0n) is 11.3. The number of benzene rings is 1. The van der Waals surface area contributed by atoms with Crippen LogP contribution in [0.1, 0.15) is 18.9 Å². The van der Waals surface area contributed by atoms with E-state index in [-0.39, 0.29) is 18.7 Å². The Hall–Kier alpha value is -1.86. The molecule has 1 rings (SSSR count). The van der Waals surface area contributed by atoms with E-state index in [1.807, 2.05) is 0 Å². The van der Waals surface area contributed by atoms with E-state index in [2.05, 4.69) is 0 Å². The maximum absolute atomic E-state index is 13.2. The molecule has 0 heterocycles. The SMILES string of the molecule is CCCN(Cc1ccccc1N)C(=O)C(F)(F)C(F)(F)F. The summed E-state index contributed by atoms with van der Waals surface area (Å²) in [6.45, 7) is 0.949. The average Bonchev–Trinajstić information content (AvgIpc) is 2.38. The van der Waals surface area contributed by atoms with Crippen LogP contribution in [-0.4, -0.2) is 29.5 Å². The van der Waals surface area contributed by atoms with Crippen molar-refractivity contribution in [3.63, 3.8) is 0 Å². The minimum absolute atomic E-state index is 0.223. The van der Waals surface area contributed by atoms with Crippen molar-refractivity contribution in [2.45, 2.75) is 32.0 Å². The Kier molecular flexibility index (Phi) is 5.14. The fourth-order valence-corrected chi connectivity index (χ4v) is 1.73. The molecule has 1 aromatic rings. The van der Waals surface area contributed by atoms with Gasteiger partial charge in [0.05, 0.1) is 0 Å². The van der Waals surface area contributed by atoms with Crippen molar-refractivity contribution in [3.05, 3.63) is 29.8 Å². The van der Waals surface area contributed by atoms with Crippen LogP contribution in [0.3, 0.4) is 0 Å². The Morgan fingerprint density at radius 2 is 1.76 bits per heavy atom. The van der Waals surface area contributed by atoms with Crippen molar-refractivity contribution < 1.29 is 26.7 Å². The van der Waals surface area contributed by atoms with E-state index < -0.39 is 24.6 Å². The maximum Gasteiger partial charge on any atom is 0.463 e. The Balaban J connectivity index is 3.02. The molecule has 0 radical (unpaired) electrons. The van der Waals surface area contributed by atoms with Crippen LogP contribution >= 0.6 is 0 Å². The lowest BCUT2D eigenvalue weighted by molar-refractivity contribution is -0.274. The molecule has 0 aliphatic rings. The third-order valence-corrected chi connectivity index (χ3v) is 2.82. The number of rotatable bonds is 5. The first-order valence-corrected chi connectivity index (χ1v) is 6.18. The van der Waals surface area contributed by atoms with Gasteiger partial charge in [-0.25, -0.2) is 0 Å². The number of para-hydroxylation sites is 1. The second-order valence-electron chi connectivity index (χ2n) is 4.50. The predicted octanol–water partition coefficient (Wildman–Crippen LogP) is 3.21. The van der Waals surface area contributed by atoms with E-state index in [4.69, 9.17) is 5.73 Å². The van der Waals surface area contributed by atoms with Gasteiger partial charge in [-0.1, -0.05) is 25.1 Å². The number of alkyl halides is 5. The van der Waals surface area contributed by atoms with Crippen LogP contribution in [0, 0.1) is 0 Å². The molecule has 0 aliphatic carbocycles. The van der Waals surface area contributed by atoms with Crippen molar-refractivity contribution in [2.24, 2.45) is 0 Å². The normalized spacial score (nSPS) is 12.3. The summed E-state index contributed by atoms with van der Waals surface area (Å²) in [5.74, 6) is -7.67. The Morgan fingerprint density at radius 3 is 2.24 bits per heavy atom. The van der Waals surface area contributed by atoms with Gasteiger partial charge in [0.25, 0.3) is 0 Å². The Morgan fingerprint density at radius 1 is 1.19 bits per heavy atom. The van der Waals surface area contributed by atoms with Gasteiger partial charge in [-0.05, 0) is 18.1 Å². The minimum atomic E-state index is -5.92. The van der Waals surface area contributed by atoms with Crippen molar-refractivity contribution in [2.75, 3.05) is 12.3 Å². The summed E-state index contributed by atoms with van der Waals surface area (Å²) in [7, 11) is 0. The summed E-state index contributed by atoms with van der Waals surface area (Å²) >= 11 is 0. The molecule has 2 N–H and O–H groups in total. The summed E-state index contributed by atoms with van der Waals surface area (Å²) in [6.07, 6.45) is -5.68. The average molecular weight is 310 g/mol. The largest absolute Gasteiger partial charge is 0.463 e. The first-order chi connectivity index (χ1) is 9.61. The molecule has 0 aliphatic heterocycles. The zero-order valence-corrected chi connectivity index (χ0v) is 11.3. The lowest BCUT2D eigenvalue weighted by Crippen LogP contribution is -2.52. The quantitative estimate of drug-likeness (QED) is 0.670. The first-order valence-electron chi connectivity index (χ1n) is 6.18. The number of halogens is 5. The van der Waals surface area contributed by atoms with Gasteiger partial charge in [0.15, 0.2) is 0 Å². The Bertz CT molecular complexity index is 502. The topological polar surface area (TPSA) is 46.3 Å². The van der Waals surface area contributed by atoms with Crippen molar-refractivity contribution in [3.8, 4) is 0 Å². The van der Waals surface area contributed by atoms with Crippen LogP contribution < -0.4 is 5.73 Å². The standard InChI is InChI=1S/C13H15F5N2O/c1-2-7-20(8-9-5-3-4-6-10(9)19)11(21)12(14,15)13(16,17)18/h3-6H,2,7-8,19H2,1H3. The van der Waals surface area contributed by atoms with E-state index >= 15 is 0 Å². The molecule has 1 amide bonds. The number of amides is 1. The second kappa shape index (κ2) is 6.28. The second-order valence-corrected chi connectivity index (χ2v) is 4.50. The van der Waals surface area contributed by atoms with Gasteiger partial charge in [0.1, 0.15) is 0 Å². The number of carbonyl (C=O) groups is 1. The molecule has 0 spiro atoms. The van der Waals surface area contributed by atoms with Crippen molar-refractivity contribution >= 4 is 11.6 Å². The summed E-state index contributed by atoms with van der Waals surface area (Å²) in [5.41, 5.74) is 6.15. The number of nitrogens with zero attached hydrogens (tertiary/aromatic N) is 1. The molecule has 8 heteroatoms. The molecule has 3 nitrogen and oxygen atoms in total. The maximum atomic E-state index is 13.2. The fraction of sp³-hybridized carbons (Fsp3) is 0.462. The lowest BCUT2D eigenvalue weighted by Gasteiger charge is -2.28. The van der Waals surface area contributed by atoms with Crippen LogP contribution in [0.25, 0.3) is 0 Å². The Labute approximate surface area is 118 Å².